The van der Waals surface area contributed by atoms with Crippen LogP contribution in [0.5, 0.6) is 0 Å². The number of aryl methyl sites for hydroxylation is 2. The molecule has 2 rings (SSSR count). The van der Waals surface area contributed by atoms with Gasteiger partial charge in [-0.05, 0) is 62.6 Å². The molecule has 20 heavy (non-hydrogen) atoms. The first-order chi connectivity index (χ1) is 9.63. The molecule has 1 saturated carbocycles. The van der Waals surface area contributed by atoms with E-state index in [1.807, 2.05) is 0 Å². The molecule has 1 heteroatoms. The maximum Gasteiger partial charge on any atom is 0.0379 e. The fourth-order valence-corrected chi connectivity index (χ4v) is 3.94. The highest BCUT2D eigenvalue weighted by Gasteiger charge is 2.40. The van der Waals surface area contributed by atoms with Crippen LogP contribution in [0.25, 0.3) is 0 Å². The zero-order valence-corrected chi connectivity index (χ0v) is 13.8. The number of rotatable bonds is 6. The highest BCUT2D eigenvalue weighted by atomic mass is 14.9. The van der Waals surface area contributed by atoms with Crippen LogP contribution in [0.15, 0.2) is 18.2 Å². The first-order valence-corrected chi connectivity index (χ1v) is 8.43. The summed E-state index contributed by atoms with van der Waals surface area (Å²) in [6.45, 7) is 10.3. The van der Waals surface area contributed by atoms with E-state index in [0.29, 0.717) is 11.5 Å². The molecule has 0 aromatic heterocycles. The predicted molar refractivity (Wildman–Crippen MR) is 88.1 cm³/mol. The molecule has 1 aliphatic carbocycles. The summed E-state index contributed by atoms with van der Waals surface area (Å²) in [7, 11) is 0. The van der Waals surface area contributed by atoms with Crippen LogP contribution in [0.1, 0.15) is 75.1 Å². The van der Waals surface area contributed by atoms with Gasteiger partial charge >= 0.3 is 0 Å². The molecule has 0 radical (unpaired) electrons. The van der Waals surface area contributed by atoms with Gasteiger partial charge in [-0.15, -0.1) is 0 Å². The monoisotopic (exact) mass is 273 g/mol. The fourth-order valence-electron chi connectivity index (χ4n) is 3.94. The van der Waals surface area contributed by atoms with Crippen molar-refractivity contribution in [3.05, 3.63) is 34.9 Å². The summed E-state index contributed by atoms with van der Waals surface area (Å²) in [5.74, 6) is 0. The largest absolute Gasteiger partial charge is 0.309 e. The van der Waals surface area contributed by atoms with E-state index in [2.05, 4.69) is 51.2 Å². The molecule has 0 aliphatic heterocycles. The Morgan fingerprint density at radius 1 is 1.15 bits per heavy atom. The minimum atomic E-state index is 0.480. The second-order valence-electron chi connectivity index (χ2n) is 6.67. The van der Waals surface area contributed by atoms with Crippen LogP contribution >= 0.6 is 0 Å². The standard InChI is InChI=1S/C19H31N/c1-5-13-20-18(19(6-2)11-7-8-12-19)17-14-15(3)9-10-16(17)4/h9-10,14,18,20H,5-8,11-13H2,1-4H3. The fraction of sp³-hybridized carbons (Fsp3) is 0.684. The van der Waals surface area contributed by atoms with Crippen molar-refractivity contribution in [1.29, 1.82) is 0 Å². The third kappa shape index (κ3) is 3.09. The molecule has 1 aliphatic rings. The molecule has 0 saturated heterocycles. The number of hydrogen-bond acceptors (Lipinski definition) is 1. The maximum atomic E-state index is 3.89. The van der Waals surface area contributed by atoms with Gasteiger partial charge in [0.15, 0.2) is 0 Å². The number of benzene rings is 1. The Labute approximate surface area is 125 Å². The van der Waals surface area contributed by atoms with Crippen LogP contribution in [-0.2, 0) is 0 Å². The van der Waals surface area contributed by atoms with E-state index in [1.54, 1.807) is 5.56 Å². The molecular formula is C19H31N. The Balaban J connectivity index is 2.38. The second-order valence-corrected chi connectivity index (χ2v) is 6.67. The minimum absolute atomic E-state index is 0.480. The Morgan fingerprint density at radius 2 is 1.85 bits per heavy atom. The Bertz CT molecular complexity index is 429. The van der Waals surface area contributed by atoms with E-state index in [4.69, 9.17) is 0 Å². The molecular weight excluding hydrogens is 242 g/mol. The van der Waals surface area contributed by atoms with E-state index in [1.165, 1.54) is 49.7 Å². The molecule has 0 heterocycles. The van der Waals surface area contributed by atoms with Gasteiger partial charge in [0.2, 0.25) is 0 Å². The SMILES string of the molecule is CCCNC(c1cc(C)ccc1C)C1(CC)CCCC1. The average molecular weight is 273 g/mol. The Hall–Kier alpha value is -0.820. The van der Waals surface area contributed by atoms with Crippen molar-refractivity contribution in [2.24, 2.45) is 5.41 Å². The molecule has 0 bridgehead atoms. The van der Waals surface area contributed by atoms with Gasteiger partial charge in [-0.2, -0.15) is 0 Å². The van der Waals surface area contributed by atoms with E-state index >= 15 is 0 Å². The molecule has 1 aromatic carbocycles. The molecule has 0 amide bonds. The molecule has 1 atom stereocenters. The van der Waals surface area contributed by atoms with Crippen LogP contribution in [0.2, 0.25) is 0 Å². The van der Waals surface area contributed by atoms with E-state index in [9.17, 15) is 0 Å². The molecule has 1 aromatic rings. The lowest BCUT2D eigenvalue weighted by Crippen LogP contribution is -2.37. The summed E-state index contributed by atoms with van der Waals surface area (Å²) >= 11 is 0. The molecule has 1 fully saturated rings. The smallest absolute Gasteiger partial charge is 0.0379 e. The van der Waals surface area contributed by atoms with Crippen LogP contribution in [0.3, 0.4) is 0 Å². The van der Waals surface area contributed by atoms with Crippen LogP contribution in [0, 0.1) is 19.3 Å². The summed E-state index contributed by atoms with van der Waals surface area (Å²) in [6.07, 6.45) is 8.09. The Morgan fingerprint density at radius 3 is 2.45 bits per heavy atom. The average Bonchev–Trinajstić information content (AvgIpc) is 2.93. The van der Waals surface area contributed by atoms with Crippen molar-refractivity contribution in [3.63, 3.8) is 0 Å². The highest BCUT2D eigenvalue weighted by Crippen LogP contribution is 2.50. The number of hydrogen-bond donors (Lipinski definition) is 1. The first kappa shape index (κ1) is 15.6. The molecule has 0 spiro atoms. The van der Waals surface area contributed by atoms with Crippen LogP contribution in [0.4, 0.5) is 0 Å². The number of nitrogens with one attached hydrogen (secondary N) is 1. The van der Waals surface area contributed by atoms with Crippen LogP contribution < -0.4 is 5.32 Å². The topological polar surface area (TPSA) is 12.0 Å². The van der Waals surface area contributed by atoms with Gasteiger partial charge in [0.1, 0.15) is 0 Å². The predicted octanol–water partition coefficient (Wildman–Crippen LogP) is 5.31. The third-order valence-corrected chi connectivity index (χ3v) is 5.26. The van der Waals surface area contributed by atoms with E-state index < -0.39 is 0 Å². The van der Waals surface area contributed by atoms with Gasteiger partial charge in [0.25, 0.3) is 0 Å². The summed E-state index contributed by atoms with van der Waals surface area (Å²) < 4.78 is 0. The van der Waals surface area contributed by atoms with Gasteiger partial charge in [-0.3, -0.25) is 0 Å². The normalized spacial score (nSPS) is 19.2. The summed E-state index contributed by atoms with van der Waals surface area (Å²) in [5.41, 5.74) is 4.86. The van der Waals surface area contributed by atoms with E-state index in [-0.39, 0.29) is 0 Å². The third-order valence-electron chi connectivity index (χ3n) is 5.26. The summed E-state index contributed by atoms with van der Waals surface area (Å²) in [6, 6.07) is 7.49. The lowest BCUT2D eigenvalue weighted by atomic mass is 9.72. The zero-order chi connectivity index (χ0) is 14.6. The molecule has 1 N–H and O–H groups in total. The molecule has 112 valence electrons. The lowest BCUT2D eigenvalue weighted by molar-refractivity contribution is 0.186. The van der Waals surface area contributed by atoms with Crippen molar-refractivity contribution in [2.45, 2.75) is 72.3 Å². The highest BCUT2D eigenvalue weighted by molar-refractivity contribution is 5.34. The zero-order valence-electron chi connectivity index (χ0n) is 13.8. The van der Waals surface area contributed by atoms with Gasteiger partial charge in [-0.1, -0.05) is 50.5 Å². The van der Waals surface area contributed by atoms with Crippen molar-refractivity contribution < 1.29 is 0 Å². The van der Waals surface area contributed by atoms with Gasteiger partial charge < -0.3 is 5.32 Å². The van der Waals surface area contributed by atoms with Gasteiger partial charge in [-0.25, -0.2) is 0 Å². The molecule has 1 nitrogen and oxygen atoms in total. The van der Waals surface area contributed by atoms with Crippen molar-refractivity contribution in [2.75, 3.05) is 6.54 Å². The van der Waals surface area contributed by atoms with E-state index in [0.717, 1.165) is 6.54 Å². The minimum Gasteiger partial charge on any atom is -0.309 e. The van der Waals surface area contributed by atoms with Crippen molar-refractivity contribution in [1.82, 2.24) is 5.32 Å². The maximum absolute atomic E-state index is 3.89. The quantitative estimate of drug-likeness (QED) is 0.740. The summed E-state index contributed by atoms with van der Waals surface area (Å²) in [4.78, 5) is 0. The van der Waals surface area contributed by atoms with Crippen molar-refractivity contribution in [3.8, 4) is 0 Å². The summed E-state index contributed by atoms with van der Waals surface area (Å²) in [5, 5.41) is 3.89. The molecule has 1 unspecified atom stereocenters. The van der Waals surface area contributed by atoms with Gasteiger partial charge in [0.05, 0.1) is 0 Å². The second kappa shape index (κ2) is 6.76. The van der Waals surface area contributed by atoms with Crippen LogP contribution in [-0.4, -0.2) is 6.54 Å². The first-order valence-electron chi connectivity index (χ1n) is 8.43. The lowest BCUT2D eigenvalue weighted by Gasteiger charge is -2.39. The van der Waals surface area contributed by atoms with Crippen molar-refractivity contribution >= 4 is 0 Å². The van der Waals surface area contributed by atoms with Gasteiger partial charge in [0, 0.05) is 6.04 Å². The Kier molecular flexibility index (Phi) is 5.26.